The number of Topliss-reactive ketones (excluding diaryl/α,β-unsaturated/α-hetero) is 1. The molecule has 1 amide bonds. The van der Waals surface area contributed by atoms with Crippen LogP contribution >= 0.6 is 11.8 Å². The molecule has 0 saturated heterocycles. The fraction of sp³-hybridized carbons (Fsp3) is 0.200. The zero-order chi connectivity index (χ0) is 19.9. The lowest BCUT2D eigenvalue weighted by atomic mass is 10.1. The van der Waals surface area contributed by atoms with Gasteiger partial charge in [-0.05, 0) is 36.4 Å². The average Bonchev–Trinajstić information content (AvgIpc) is 3.37. The first-order chi connectivity index (χ1) is 13.6. The van der Waals surface area contributed by atoms with E-state index in [1.165, 1.54) is 11.8 Å². The van der Waals surface area contributed by atoms with Crippen LogP contribution < -0.4 is 5.32 Å². The van der Waals surface area contributed by atoms with Crippen molar-refractivity contribution in [2.45, 2.75) is 25.0 Å². The first-order valence-electron chi connectivity index (χ1n) is 8.76. The van der Waals surface area contributed by atoms with E-state index in [0.717, 1.165) is 0 Å². The minimum Gasteiger partial charge on any atom is -0.461 e. The molecule has 1 N–H and O–H groups in total. The molecule has 3 rings (SSSR count). The van der Waals surface area contributed by atoms with Gasteiger partial charge in [0.25, 0.3) is 0 Å². The van der Waals surface area contributed by atoms with Crippen molar-refractivity contribution >= 4 is 29.1 Å². The van der Waals surface area contributed by atoms with Gasteiger partial charge in [-0.25, -0.2) is 0 Å². The third-order valence-corrected chi connectivity index (χ3v) is 4.88. The number of hydrogen-bond acceptors (Lipinski definition) is 6. The first-order valence-corrected chi connectivity index (χ1v) is 9.74. The van der Waals surface area contributed by atoms with E-state index >= 15 is 0 Å². The van der Waals surface area contributed by atoms with Gasteiger partial charge in [-0.15, -0.1) is 16.8 Å². The number of hydrogen-bond donors (Lipinski definition) is 1. The summed E-state index contributed by atoms with van der Waals surface area (Å²) in [6.45, 7) is 6.05. The van der Waals surface area contributed by atoms with Crippen LogP contribution in [0.5, 0.6) is 0 Å². The maximum Gasteiger partial charge on any atom is 0.224 e. The number of rotatable bonds is 9. The summed E-state index contributed by atoms with van der Waals surface area (Å²) >= 11 is 1.31. The summed E-state index contributed by atoms with van der Waals surface area (Å²) in [5.74, 6) is 1.32. The third kappa shape index (κ3) is 4.58. The highest BCUT2D eigenvalue weighted by molar-refractivity contribution is 7.99. The molecule has 3 aromatic rings. The smallest absolute Gasteiger partial charge is 0.224 e. The molecule has 0 unspecified atom stereocenters. The number of aromatic nitrogens is 3. The number of amides is 1. The molecule has 0 aliphatic carbocycles. The van der Waals surface area contributed by atoms with Gasteiger partial charge >= 0.3 is 0 Å². The second-order valence-electron chi connectivity index (χ2n) is 5.87. The molecule has 144 valence electrons. The van der Waals surface area contributed by atoms with E-state index in [0.29, 0.717) is 41.0 Å². The molecule has 0 atom stereocenters. The quantitative estimate of drug-likeness (QED) is 0.333. The molecule has 2 heterocycles. The number of nitrogens with zero attached hydrogens (tertiary/aromatic N) is 3. The van der Waals surface area contributed by atoms with E-state index in [-0.39, 0.29) is 17.4 Å². The number of benzene rings is 1. The molecule has 0 spiro atoms. The average molecular weight is 396 g/mol. The second kappa shape index (κ2) is 9.18. The molecule has 28 heavy (non-hydrogen) atoms. The number of nitrogens with one attached hydrogen (secondary N) is 1. The van der Waals surface area contributed by atoms with Crippen LogP contribution in [0.4, 0.5) is 5.69 Å². The van der Waals surface area contributed by atoms with Crippen molar-refractivity contribution in [2.75, 3.05) is 11.1 Å². The predicted molar refractivity (Wildman–Crippen MR) is 108 cm³/mol. The van der Waals surface area contributed by atoms with Crippen molar-refractivity contribution in [3.8, 4) is 11.6 Å². The van der Waals surface area contributed by atoms with E-state index < -0.39 is 0 Å². The molecular weight excluding hydrogens is 376 g/mol. The Labute approximate surface area is 166 Å². The SMILES string of the molecule is C=CCn1c(SCC(=O)c2ccc(NC(=O)CC)cc2)nnc1-c1ccco1. The molecule has 0 radical (unpaired) electrons. The highest BCUT2D eigenvalue weighted by atomic mass is 32.2. The Morgan fingerprint density at radius 2 is 2.04 bits per heavy atom. The third-order valence-electron chi connectivity index (χ3n) is 3.91. The fourth-order valence-corrected chi connectivity index (χ4v) is 3.32. The van der Waals surface area contributed by atoms with Crippen molar-refractivity contribution in [3.05, 3.63) is 60.9 Å². The lowest BCUT2D eigenvalue weighted by molar-refractivity contribution is -0.115. The standard InChI is InChI=1S/C20H20N4O3S/c1-3-11-24-19(17-6-5-12-27-17)22-23-20(24)28-13-16(25)14-7-9-15(10-8-14)21-18(26)4-2/h3,5-10,12H,1,4,11,13H2,2H3,(H,21,26). The minimum atomic E-state index is -0.0662. The summed E-state index contributed by atoms with van der Waals surface area (Å²) in [6, 6.07) is 10.4. The Bertz CT molecular complexity index is 962. The summed E-state index contributed by atoms with van der Waals surface area (Å²) < 4.78 is 7.25. The molecule has 0 bridgehead atoms. The molecule has 0 saturated carbocycles. The van der Waals surface area contributed by atoms with Crippen molar-refractivity contribution in [1.29, 1.82) is 0 Å². The van der Waals surface area contributed by atoms with Gasteiger partial charge in [0, 0.05) is 24.2 Å². The topological polar surface area (TPSA) is 90.0 Å². The Hall–Kier alpha value is -3.13. The summed E-state index contributed by atoms with van der Waals surface area (Å²) in [7, 11) is 0. The van der Waals surface area contributed by atoms with Gasteiger partial charge in [0.1, 0.15) is 0 Å². The number of anilines is 1. The highest BCUT2D eigenvalue weighted by Crippen LogP contribution is 2.25. The van der Waals surface area contributed by atoms with Crippen molar-refractivity contribution in [1.82, 2.24) is 14.8 Å². The van der Waals surface area contributed by atoms with Gasteiger partial charge in [-0.3, -0.25) is 14.2 Å². The summed E-state index contributed by atoms with van der Waals surface area (Å²) in [6.07, 6.45) is 3.72. The lowest BCUT2D eigenvalue weighted by Crippen LogP contribution is -2.10. The summed E-state index contributed by atoms with van der Waals surface area (Å²) in [4.78, 5) is 23.9. The van der Waals surface area contributed by atoms with Crippen molar-refractivity contribution in [2.24, 2.45) is 0 Å². The van der Waals surface area contributed by atoms with Gasteiger partial charge in [-0.1, -0.05) is 24.8 Å². The largest absolute Gasteiger partial charge is 0.461 e. The molecule has 0 fully saturated rings. The number of ketones is 1. The van der Waals surface area contributed by atoms with E-state index in [1.807, 2.05) is 10.6 Å². The van der Waals surface area contributed by atoms with E-state index in [4.69, 9.17) is 4.42 Å². The van der Waals surface area contributed by atoms with Crippen LogP contribution in [0.1, 0.15) is 23.7 Å². The van der Waals surface area contributed by atoms with Gasteiger partial charge in [0.05, 0.1) is 12.0 Å². The Kier molecular flexibility index (Phi) is 6.44. The maximum absolute atomic E-state index is 12.5. The summed E-state index contributed by atoms with van der Waals surface area (Å²) in [5.41, 5.74) is 1.24. The molecule has 7 nitrogen and oxygen atoms in total. The molecule has 2 aromatic heterocycles. The van der Waals surface area contributed by atoms with Crippen LogP contribution in [-0.2, 0) is 11.3 Å². The maximum atomic E-state index is 12.5. The van der Waals surface area contributed by atoms with Gasteiger partial charge in [0.15, 0.2) is 16.7 Å². The van der Waals surface area contributed by atoms with Crippen LogP contribution in [0.3, 0.4) is 0 Å². The van der Waals surface area contributed by atoms with Crippen molar-refractivity contribution in [3.63, 3.8) is 0 Å². The molecule has 0 aliphatic heterocycles. The van der Waals surface area contributed by atoms with Gasteiger partial charge < -0.3 is 9.73 Å². The molecular formula is C20H20N4O3S. The van der Waals surface area contributed by atoms with E-state index in [2.05, 4.69) is 22.1 Å². The minimum absolute atomic E-state index is 0.0360. The van der Waals surface area contributed by atoms with Crippen LogP contribution in [0.25, 0.3) is 11.6 Å². The molecule has 1 aromatic carbocycles. The Morgan fingerprint density at radius 1 is 1.25 bits per heavy atom. The van der Waals surface area contributed by atoms with Gasteiger partial charge in [0.2, 0.25) is 11.7 Å². The zero-order valence-electron chi connectivity index (χ0n) is 15.4. The Morgan fingerprint density at radius 3 is 2.68 bits per heavy atom. The number of thioether (sulfide) groups is 1. The van der Waals surface area contributed by atoms with Crippen LogP contribution in [-0.4, -0.2) is 32.2 Å². The van der Waals surface area contributed by atoms with Crippen LogP contribution in [0, 0.1) is 0 Å². The van der Waals surface area contributed by atoms with Crippen molar-refractivity contribution < 1.29 is 14.0 Å². The van der Waals surface area contributed by atoms with Crippen LogP contribution in [0.15, 0.2) is 64.9 Å². The summed E-state index contributed by atoms with van der Waals surface area (Å²) in [5, 5.41) is 11.7. The monoisotopic (exact) mass is 396 g/mol. The Balaban J connectivity index is 1.67. The normalized spacial score (nSPS) is 10.6. The fourth-order valence-electron chi connectivity index (χ4n) is 2.48. The van der Waals surface area contributed by atoms with Crippen LogP contribution in [0.2, 0.25) is 0 Å². The number of allylic oxidation sites excluding steroid dienone is 1. The van der Waals surface area contributed by atoms with E-state index in [1.54, 1.807) is 49.6 Å². The van der Waals surface area contributed by atoms with E-state index in [9.17, 15) is 9.59 Å². The second-order valence-corrected chi connectivity index (χ2v) is 6.82. The zero-order valence-corrected chi connectivity index (χ0v) is 16.2. The highest BCUT2D eigenvalue weighted by Gasteiger charge is 2.17. The number of furan rings is 1. The first kappa shape index (κ1) is 19.6. The predicted octanol–water partition coefficient (Wildman–Crippen LogP) is 4.05. The molecule has 8 heteroatoms. The number of carbonyl (C=O) groups is 2. The van der Waals surface area contributed by atoms with Gasteiger partial charge in [-0.2, -0.15) is 0 Å². The molecule has 0 aliphatic rings. The lowest BCUT2D eigenvalue weighted by Gasteiger charge is -2.07. The number of carbonyl (C=O) groups excluding carboxylic acids is 2.